The fourth-order valence-electron chi connectivity index (χ4n) is 1.51. The molecule has 0 spiro atoms. The van der Waals surface area contributed by atoms with Gasteiger partial charge >= 0.3 is 6.18 Å². The van der Waals surface area contributed by atoms with Gasteiger partial charge in [0.1, 0.15) is 6.54 Å². The lowest BCUT2D eigenvalue weighted by molar-refractivity contribution is -0.138. The highest BCUT2D eigenvalue weighted by Crippen LogP contribution is 2.21. The number of hydrogen-bond acceptors (Lipinski definition) is 3. The Hall–Kier alpha value is -1.76. The van der Waals surface area contributed by atoms with E-state index in [2.05, 4.69) is 5.43 Å². The number of carbonyl (C=O) groups excluding carboxylic acids is 1. The molecule has 0 aliphatic rings. The van der Waals surface area contributed by atoms with Gasteiger partial charge in [0.15, 0.2) is 0 Å². The van der Waals surface area contributed by atoms with Gasteiger partial charge < -0.3 is 10.3 Å². The van der Waals surface area contributed by atoms with Crippen LogP contribution in [0.15, 0.2) is 18.2 Å². The van der Waals surface area contributed by atoms with E-state index in [0.29, 0.717) is 10.6 Å². The largest absolute Gasteiger partial charge is 0.406 e. The summed E-state index contributed by atoms with van der Waals surface area (Å²) in [4.78, 5) is 12.4. The van der Waals surface area contributed by atoms with E-state index in [1.807, 2.05) is 0 Å². The Bertz CT molecular complexity index is 446. The predicted octanol–water partition coefficient (Wildman–Crippen LogP) is 1.91. The zero-order valence-electron chi connectivity index (χ0n) is 10.0. The molecule has 7 heteroatoms. The van der Waals surface area contributed by atoms with E-state index in [1.165, 1.54) is 6.07 Å². The molecule has 1 rings (SSSR count). The molecule has 18 heavy (non-hydrogen) atoms. The van der Waals surface area contributed by atoms with Gasteiger partial charge in [-0.15, -0.1) is 0 Å². The average molecular weight is 261 g/mol. The van der Waals surface area contributed by atoms with Gasteiger partial charge in [-0.05, 0) is 24.6 Å². The number of amides is 1. The van der Waals surface area contributed by atoms with E-state index >= 15 is 0 Å². The lowest BCUT2D eigenvalue weighted by Crippen LogP contribution is -2.36. The summed E-state index contributed by atoms with van der Waals surface area (Å²) < 4.78 is 36.6. The number of rotatable bonds is 3. The lowest BCUT2D eigenvalue weighted by atomic mass is 10.1. The van der Waals surface area contributed by atoms with Crippen LogP contribution in [0, 0.1) is 6.92 Å². The molecule has 0 unspecified atom stereocenters. The van der Waals surface area contributed by atoms with Gasteiger partial charge in [0.2, 0.25) is 0 Å². The fourth-order valence-corrected chi connectivity index (χ4v) is 1.51. The Morgan fingerprint density at radius 1 is 1.44 bits per heavy atom. The number of nitrogen functional groups attached to an aromatic ring is 1. The van der Waals surface area contributed by atoms with Crippen molar-refractivity contribution in [1.82, 2.24) is 4.90 Å². The summed E-state index contributed by atoms with van der Waals surface area (Å²) in [5.74, 6) is 4.51. The van der Waals surface area contributed by atoms with Crippen molar-refractivity contribution in [1.29, 1.82) is 0 Å². The highest BCUT2D eigenvalue weighted by Gasteiger charge is 2.32. The molecule has 3 N–H and O–H groups in total. The van der Waals surface area contributed by atoms with Crippen LogP contribution in [0.5, 0.6) is 0 Å². The molecular formula is C11H14F3N3O. The number of nitrogens with zero attached hydrogens (tertiary/aromatic N) is 1. The highest BCUT2D eigenvalue weighted by molar-refractivity contribution is 5.99. The summed E-state index contributed by atoms with van der Waals surface area (Å²) in [6, 6.07) is 4.67. The standard InChI is InChI=1S/C11H14F3N3O/c1-7-3-4-8(9(5-7)16-15)10(18)17(2)6-11(12,13)14/h3-5,16H,6,15H2,1-2H3. The van der Waals surface area contributed by atoms with Gasteiger partial charge in [-0.2, -0.15) is 13.2 Å². The van der Waals surface area contributed by atoms with Gasteiger partial charge in [-0.3, -0.25) is 10.6 Å². The van der Waals surface area contributed by atoms with Crippen molar-refractivity contribution < 1.29 is 18.0 Å². The summed E-state index contributed by atoms with van der Waals surface area (Å²) in [5, 5.41) is 0. The van der Waals surface area contributed by atoms with Crippen molar-refractivity contribution in [3.63, 3.8) is 0 Å². The molecule has 0 aliphatic heterocycles. The first kappa shape index (κ1) is 14.3. The Morgan fingerprint density at radius 2 is 2.06 bits per heavy atom. The minimum absolute atomic E-state index is 0.106. The second kappa shape index (κ2) is 5.26. The number of alkyl halides is 3. The first-order valence-corrected chi connectivity index (χ1v) is 5.14. The monoisotopic (exact) mass is 261 g/mol. The maximum atomic E-state index is 12.2. The number of nitrogens with one attached hydrogen (secondary N) is 1. The number of aryl methyl sites for hydroxylation is 1. The van der Waals surface area contributed by atoms with E-state index in [0.717, 1.165) is 12.6 Å². The average Bonchev–Trinajstić information content (AvgIpc) is 2.25. The maximum absolute atomic E-state index is 12.2. The molecule has 0 saturated heterocycles. The molecule has 100 valence electrons. The molecule has 1 aromatic rings. The van der Waals surface area contributed by atoms with Crippen LogP contribution in [0.3, 0.4) is 0 Å². The minimum atomic E-state index is -4.43. The van der Waals surface area contributed by atoms with Crippen LogP contribution in [0.25, 0.3) is 0 Å². The predicted molar refractivity (Wildman–Crippen MR) is 62.0 cm³/mol. The zero-order valence-corrected chi connectivity index (χ0v) is 10.0. The van der Waals surface area contributed by atoms with Gasteiger partial charge in [0.05, 0.1) is 11.3 Å². The number of hydrogen-bond donors (Lipinski definition) is 2. The Labute approximate surface area is 103 Å². The molecule has 1 amide bonds. The number of carbonyl (C=O) groups is 1. The van der Waals surface area contributed by atoms with Crippen molar-refractivity contribution in [2.75, 3.05) is 19.0 Å². The van der Waals surface area contributed by atoms with E-state index < -0.39 is 18.6 Å². The molecule has 4 nitrogen and oxygen atoms in total. The van der Waals surface area contributed by atoms with Crippen LogP contribution in [0.1, 0.15) is 15.9 Å². The van der Waals surface area contributed by atoms with Crippen molar-refractivity contribution in [3.8, 4) is 0 Å². The van der Waals surface area contributed by atoms with Gasteiger partial charge in [-0.25, -0.2) is 0 Å². The molecule has 0 heterocycles. The molecule has 0 bridgehead atoms. The third-order valence-corrected chi connectivity index (χ3v) is 2.32. The van der Waals surface area contributed by atoms with Crippen LogP contribution in [-0.4, -0.2) is 30.6 Å². The van der Waals surface area contributed by atoms with E-state index in [9.17, 15) is 18.0 Å². The number of nitrogens with two attached hydrogens (primary N) is 1. The Morgan fingerprint density at radius 3 is 2.56 bits per heavy atom. The molecule has 1 aromatic carbocycles. The van der Waals surface area contributed by atoms with Crippen molar-refractivity contribution in [2.45, 2.75) is 13.1 Å². The number of anilines is 1. The summed E-state index contributed by atoms with van der Waals surface area (Å²) >= 11 is 0. The SMILES string of the molecule is Cc1ccc(C(=O)N(C)CC(F)(F)F)c(NN)c1. The highest BCUT2D eigenvalue weighted by atomic mass is 19.4. The van der Waals surface area contributed by atoms with Gasteiger partial charge in [0.25, 0.3) is 5.91 Å². The van der Waals surface area contributed by atoms with Crippen LogP contribution < -0.4 is 11.3 Å². The second-order valence-corrected chi connectivity index (χ2v) is 3.97. The van der Waals surface area contributed by atoms with E-state index in [-0.39, 0.29) is 5.56 Å². The number of hydrazine groups is 1. The normalized spacial score (nSPS) is 11.2. The van der Waals surface area contributed by atoms with Gasteiger partial charge in [-0.1, -0.05) is 6.07 Å². The summed E-state index contributed by atoms with van der Waals surface area (Å²) in [5.41, 5.74) is 3.56. The number of benzene rings is 1. The van der Waals surface area contributed by atoms with Crippen LogP contribution in [-0.2, 0) is 0 Å². The molecule has 0 radical (unpaired) electrons. The quantitative estimate of drug-likeness (QED) is 0.645. The van der Waals surface area contributed by atoms with E-state index in [4.69, 9.17) is 5.84 Å². The first-order valence-electron chi connectivity index (χ1n) is 5.14. The molecule has 0 fully saturated rings. The zero-order chi connectivity index (χ0) is 13.9. The summed E-state index contributed by atoms with van der Waals surface area (Å²) in [6.07, 6.45) is -4.43. The molecule has 0 atom stereocenters. The third-order valence-electron chi connectivity index (χ3n) is 2.32. The van der Waals surface area contributed by atoms with Gasteiger partial charge in [0, 0.05) is 7.05 Å². The molecule has 0 saturated carbocycles. The Kier molecular flexibility index (Phi) is 4.18. The minimum Gasteiger partial charge on any atom is -0.333 e. The summed E-state index contributed by atoms with van der Waals surface area (Å²) in [7, 11) is 1.09. The lowest BCUT2D eigenvalue weighted by Gasteiger charge is -2.20. The van der Waals surface area contributed by atoms with E-state index in [1.54, 1.807) is 19.1 Å². The Balaban J connectivity index is 2.96. The summed E-state index contributed by atoms with van der Waals surface area (Å²) in [6.45, 7) is 0.484. The van der Waals surface area contributed by atoms with Crippen molar-refractivity contribution >= 4 is 11.6 Å². The van der Waals surface area contributed by atoms with Crippen LogP contribution >= 0.6 is 0 Å². The molecular weight excluding hydrogens is 247 g/mol. The third kappa shape index (κ3) is 3.63. The second-order valence-electron chi connectivity index (χ2n) is 3.97. The molecule has 0 aromatic heterocycles. The molecule has 0 aliphatic carbocycles. The number of halogens is 3. The topological polar surface area (TPSA) is 58.4 Å². The van der Waals surface area contributed by atoms with Crippen molar-refractivity contribution in [3.05, 3.63) is 29.3 Å². The maximum Gasteiger partial charge on any atom is 0.406 e. The fraction of sp³-hybridized carbons (Fsp3) is 0.364. The van der Waals surface area contributed by atoms with Crippen LogP contribution in [0.4, 0.5) is 18.9 Å². The van der Waals surface area contributed by atoms with Crippen molar-refractivity contribution in [2.24, 2.45) is 5.84 Å². The smallest absolute Gasteiger partial charge is 0.333 e. The first-order chi connectivity index (χ1) is 8.24. The van der Waals surface area contributed by atoms with Crippen LogP contribution in [0.2, 0.25) is 0 Å².